The SMILES string of the molecule is Cc1nc(N2CCC(N)(CCO)CC2)cc(=O)n1-c1cccc(Cl)c1Cl. The van der Waals surface area contributed by atoms with Crippen LogP contribution in [0.1, 0.15) is 25.1 Å². The molecule has 0 saturated carbocycles. The highest BCUT2D eigenvalue weighted by atomic mass is 35.5. The van der Waals surface area contributed by atoms with E-state index in [4.69, 9.17) is 34.0 Å². The predicted molar refractivity (Wildman–Crippen MR) is 105 cm³/mol. The Kier molecular flexibility index (Phi) is 5.58. The Labute approximate surface area is 162 Å². The highest BCUT2D eigenvalue weighted by Crippen LogP contribution is 2.29. The third kappa shape index (κ3) is 3.74. The van der Waals surface area contributed by atoms with Crippen LogP contribution in [0.5, 0.6) is 0 Å². The van der Waals surface area contributed by atoms with Crippen LogP contribution >= 0.6 is 23.2 Å². The van der Waals surface area contributed by atoms with Crippen molar-refractivity contribution in [3.8, 4) is 5.69 Å². The molecule has 140 valence electrons. The van der Waals surface area contributed by atoms with E-state index in [0.717, 1.165) is 12.8 Å². The molecule has 0 radical (unpaired) electrons. The Hall–Kier alpha value is -1.60. The zero-order valence-electron chi connectivity index (χ0n) is 14.6. The van der Waals surface area contributed by atoms with Crippen LogP contribution in [0.25, 0.3) is 5.69 Å². The number of rotatable bonds is 4. The van der Waals surface area contributed by atoms with Gasteiger partial charge in [-0.3, -0.25) is 9.36 Å². The molecule has 0 aliphatic carbocycles. The second-order valence-corrected chi connectivity index (χ2v) is 7.52. The third-order valence-electron chi connectivity index (χ3n) is 4.94. The third-order valence-corrected chi connectivity index (χ3v) is 5.75. The van der Waals surface area contributed by atoms with Gasteiger partial charge in [0.2, 0.25) is 0 Å². The Morgan fingerprint density at radius 2 is 2.00 bits per heavy atom. The number of aryl methyl sites for hydroxylation is 1. The summed E-state index contributed by atoms with van der Waals surface area (Å²) in [6, 6.07) is 6.67. The minimum Gasteiger partial charge on any atom is -0.396 e. The zero-order chi connectivity index (χ0) is 18.9. The summed E-state index contributed by atoms with van der Waals surface area (Å²) in [6.45, 7) is 3.25. The number of hydrogen-bond donors (Lipinski definition) is 2. The van der Waals surface area contributed by atoms with Crippen LogP contribution in [-0.4, -0.2) is 39.9 Å². The number of halogens is 2. The van der Waals surface area contributed by atoms with Gasteiger partial charge in [-0.1, -0.05) is 29.3 Å². The van der Waals surface area contributed by atoms with Crippen molar-refractivity contribution in [1.82, 2.24) is 9.55 Å². The fourth-order valence-electron chi connectivity index (χ4n) is 3.36. The zero-order valence-corrected chi connectivity index (χ0v) is 16.1. The minimum absolute atomic E-state index is 0.0876. The Morgan fingerprint density at radius 3 is 2.62 bits per heavy atom. The van der Waals surface area contributed by atoms with E-state index < -0.39 is 0 Å². The van der Waals surface area contributed by atoms with Gasteiger partial charge in [0, 0.05) is 31.3 Å². The lowest BCUT2D eigenvalue weighted by molar-refractivity contribution is 0.214. The molecule has 1 aliphatic rings. The first-order valence-electron chi connectivity index (χ1n) is 8.54. The maximum Gasteiger partial charge on any atom is 0.260 e. The van der Waals surface area contributed by atoms with Crippen LogP contribution in [-0.2, 0) is 0 Å². The summed E-state index contributed by atoms with van der Waals surface area (Å²) in [5, 5.41) is 9.86. The molecule has 6 nitrogen and oxygen atoms in total. The lowest BCUT2D eigenvalue weighted by Gasteiger charge is -2.39. The number of anilines is 1. The molecule has 0 atom stereocenters. The number of aliphatic hydroxyl groups excluding tert-OH is 1. The molecule has 0 bridgehead atoms. The molecule has 1 aliphatic heterocycles. The molecule has 3 N–H and O–H groups in total. The van der Waals surface area contributed by atoms with Gasteiger partial charge in [-0.05, 0) is 38.3 Å². The minimum atomic E-state index is -0.344. The first-order valence-corrected chi connectivity index (χ1v) is 9.30. The maximum absolute atomic E-state index is 12.7. The summed E-state index contributed by atoms with van der Waals surface area (Å²) in [5.74, 6) is 1.17. The summed E-state index contributed by atoms with van der Waals surface area (Å²) in [4.78, 5) is 19.4. The van der Waals surface area contributed by atoms with Gasteiger partial charge in [-0.2, -0.15) is 0 Å². The van der Waals surface area contributed by atoms with E-state index in [9.17, 15) is 4.79 Å². The number of benzene rings is 1. The van der Waals surface area contributed by atoms with E-state index in [1.807, 2.05) is 0 Å². The maximum atomic E-state index is 12.7. The van der Waals surface area contributed by atoms with E-state index in [1.54, 1.807) is 25.1 Å². The highest BCUT2D eigenvalue weighted by Gasteiger charge is 2.31. The van der Waals surface area contributed by atoms with Crippen molar-refractivity contribution in [2.45, 2.75) is 31.7 Å². The molecular formula is C18H22Cl2N4O2. The van der Waals surface area contributed by atoms with Crippen molar-refractivity contribution < 1.29 is 5.11 Å². The molecular weight excluding hydrogens is 375 g/mol. The molecule has 2 heterocycles. The topological polar surface area (TPSA) is 84.4 Å². The second kappa shape index (κ2) is 7.56. The van der Waals surface area contributed by atoms with Gasteiger partial charge < -0.3 is 15.7 Å². The highest BCUT2D eigenvalue weighted by molar-refractivity contribution is 6.43. The summed E-state index contributed by atoms with van der Waals surface area (Å²) in [5.41, 5.74) is 6.26. The predicted octanol–water partition coefficient (Wildman–Crippen LogP) is 2.53. The molecule has 1 aromatic heterocycles. The van der Waals surface area contributed by atoms with Gasteiger partial charge in [0.15, 0.2) is 0 Å². The van der Waals surface area contributed by atoms with Crippen LogP contribution in [0, 0.1) is 6.92 Å². The lowest BCUT2D eigenvalue weighted by atomic mass is 9.86. The van der Waals surface area contributed by atoms with Gasteiger partial charge in [-0.15, -0.1) is 0 Å². The van der Waals surface area contributed by atoms with E-state index >= 15 is 0 Å². The fraction of sp³-hybridized carbons (Fsp3) is 0.444. The standard InChI is InChI=1S/C18H22Cl2N4O2/c1-12-22-15(23-8-5-18(21,6-9-23)7-10-25)11-16(26)24(12)14-4-2-3-13(19)17(14)20/h2-4,11,25H,5-10,21H2,1H3. The van der Waals surface area contributed by atoms with Crippen molar-refractivity contribution in [3.63, 3.8) is 0 Å². The Bertz CT molecular complexity index is 861. The first kappa shape index (κ1) is 19.2. The van der Waals surface area contributed by atoms with Gasteiger partial charge in [0.25, 0.3) is 5.56 Å². The Morgan fingerprint density at radius 1 is 1.31 bits per heavy atom. The fourth-order valence-corrected chi connectivity index (χ4v) is 3.74. The molecule has 1 saturated heterocycles. The van der Waals surface area contributed by atoms with E-state index in [2.05, 4.69) is 9.88 Å². The van der Waals surface area contributed by atoms with Crippen LogP contribution in [0.2, 0.25) is 10.0 Å². The number of aliphatic hydroxyl groups is 1. The number of nitrogens with two attached hydrogens (primary N) is 1. The number of piperidine rings is 1. The monoisotopic (exact) mass is 396 g/mol. The van der Waals surface area contributed by atoms with Crippen molar-refractivity contribution in [1.29, 1.82) is 0 Å². The average molecular weight is 397 g/mol. The largest absolute Gasteiger partial charge is 0.396 e. The van der Waals surface area contributed by atoms with Crippen LogP contribution in [0.15, 0.2) is 29.1 Å². The smallest absolute Gasteiger partial charge is 0.260 e. The van der Waals surface area contributed by atoms with E-state index in [1.165, 1.54) is 10.6 Å². The summed E-state index contributed by atoms with van der Waals surface area (Å²) < 4.78 is 1.46. The molecule has 0 unspecified atom stereocenters. The number of nitrogens with zero attached hydrogens (tertiary/aromatic N) is 3. The quantitative estimate of drug-likeness (QED) is 0.829. The average Bonchev–Trinajstić information content (AvgIpc) is 2.58. The Balaban J connectivity index is 1.89. The van der Waals surface area contributed by atoms with Crippen LogP contribution in [0.3, 0.4) is 0 Å². The van der Waals surface area contributed by atoms with Gasteiger partial charge in [-0.25, -0.2) is 4.98 Å². The summed E-state index contributed by atoms with van der Waals surface area (Å²) in [6.07, 6.45) is 2.08. The normalized spacial score (nSPS) is 16.7. The van der Waals surface area contributed by atoms with Gasteiger partial charge in [0.1, 0.15) is 11.6 Å². The lowest BCUT2D eigenvalue weighted by Crippen LogP contribution is -2.51. The second-order valence-electron chi connectivity index (χ2n) is 6.73. The number of aromatic nitrogens is 2. The van der Waals surface area contributed by atoms with Crippen molar-refractivity contribution in [3.05, 3.63) is 50.5 Å². The molecule has 0 spiro atoms. The van der Waals surface area contributed by atoms with Gasteiger partial charge >= 0.3 is 0 Å². The van der Waals surface area contributed by atoms with E-state index in [0.29, 0.717) is 46.9 Å². The van der Waals surface area contributed by atoms with Crippen molar-refractivity contribution in [2.24, 2.45) is 5.73 Å². The van der Waals surface area contributed by atoms with Crippen LogP contribution < -0.4 is 16.2 Å². The van der Waals surface area contributed by atoms with Crippen molar-refractivity contribution in [2.75, 3.05) is 24.6 Å². The van der Waals surface area contributed by atoms with Crippen molar-refractivity contribution >= 4 is 29.0 Å². The molecule has 3 rings (SSSR count). The number of hydrogen-bond acceptors (Lipinski definition) is 5. The molecule has 1 aromatic carbocycles. The van der Waals surface area contributed by atoms with Gasteiger partial charge in [0.05, 0.1) is 15.7 Å². The summed E-state index contributed by atoms with van der Waals surface area (Å²) in [7, 11) is 0. The first-order chi connectivity index (χ1) is 12.3. The molecule has 0 amide bonds. The molecule has 1 fully saturated rings. The molecule has 2 aromatic rings. The van der Waals surface area contributed by atoms with E-state index in [-0.39, 0.29) is 17.7 Å². The molecule has 26 heavy (non-hydrogen) atoms. The summed E-state index contributed by atoms with van der Waals surface area (Å²) >= 11 is 12.3. The van der Waals surface area contributed by atoms with Crippen LogP contribution in [0.4, 0.5) is 5.82 Å². The molecule has 8 heteroatoms.